The molecule has 1 aromatic carbocycles. The van der Waals surface area contributed by atoms with Crippen molar-refractivity contribution in [3.8, 4) is 5.75 Å². The van der Waals surface area contributed by atoms with Crippen molar-refractivity contribution in [2.45, 2.75) is 6.42 Å². The van der Waals surface area contributed by atoms with Crippen molar-refractivity contribution in [3.05, 3.63) is 46.8 Å². The van der Waals surface area contributed by atoms with Crippen molar-refractivity contribution in [1.29, 1.82) is 0 Å². The molecular formula is C13H11NO4S. The number of phenols is 1. The molecule has 98 valence electrons. The predicted octanol–water partition coefficient (Wildman–Crippen LogP) is 2.33. The summed E-state index contributed by atoms with van der Waals surface area (Å²) in [6.45, 7) is 0. The fraction of sp³-hybridized carbons (Fsp3) is 0.0769. The molecule has 1 heterocycles. The molecule has 0 saturated heterocycles. The molecule has 5 nitrogen and oxygen atoms in total. The molecule has 0 aliphatic rings. The van der Waals surface area contributed by atoms with Crippen molar-refractivity contribution < 1.29 is 19.8 Å². The average Bonchev–Trinajstić information content (AvgIpc) is 2.80. The van der Waals surface area contributed by atoms with Gasteiger partial charge in [-0.25, -0.2) is 4.79 Å². The van der Waals surface area contributed by atoms with Gasteiger partial charge in [0.25, 0.3) is 0 Å². The number of rotatable bonds is 4. The minimum Gasteiger partial charge on any atom is -0.508 e. The van der Waals surface area contributed by atoms with Crippen molar-refractivity contribution in [1.82, 2.24) is 0 Å². The number of aromatic carboxylic acids is 1. The highest BCUT2D eigenvalue weighted by atomic mass is 32.1. The summed E-state index contributed by atoms with van der Waals surface area (Å²) in [5.41, 5.74) is 0.559. The molecule has 0 aliphatic carbocycles. The molecule has 0 atom stereocenters. The zero-order valence-corrected chi connectivity index (χ0v) is 10.6. The molecule has 0 aliphatic heterocycles. The number of para-hydroxylation sites is 1. The lowest BCUT2D eigenvalue weighted by molar-refractivity contribution is -0.115. The molecule has 2 aromatic rings. The third-order valence-electron chi connectivity index (χ3n) is 2.49. The topological polar surface area (TPSA) is 86.6 Å². The number of phenolic OH excluding ortho intramolecular Hbond substituents is 1. The summed E-state index contributed by atoms with van der Waals surface area (Å²) in [5, 5.41) is 22.9. The molecular weight excluding hydrogens is 266 g/mol. The Hall–Kier alpha value is -2.34. The van der Waals surface area contributed by atoms with Crippen LogP contribution in [0, 0.1) is 0 Å². The van der Waals surface area contributed by atoms with Gasteiger partial charge in [0.1, 0.15) is 10.8 Å². The first kappa shape index (κ1) is 13.1. The van der Waals surface area contributed by atoms with E-state index in [1.807, 2.05) is 0 Å². The van der Waals surface area contributed by atoms with Crippen LogP contribution in [0.5, 0.6) is 5.75 Å². The Labute approximate surface area is 113 Å². The molecule has 6 heteroatoms. The van der Waals surface area contributed by atoms with Gasteiger partial charge in [-0.3, -0.25) is 4.79 Å². The number of hydrogen-bond acceptors (Lipinski definition) is 4. The van der Waals surface area contributed by atoms with Crippen molar-refractivity contribution in [3.63, 3.8) is 0 Å². The predicted molar refractivity (Wildman–Crippen MR) is 71.7 cm³/mol. The number of aromatic hydroxyl groups is 1. The molecule has 0 unspecified atom stereocenters. The Bertz CT molecular complexity index is 621. The maximum absolute atomic E-state index is 11.8. The van der Waals surface area contributed by atoms with Gasteiger partial charge in [0, 0.05) is 5.56 Å². The number of amides is 1. The molecule has 1 amide bonds. The number of carbonyl (C=O) groups is 2. The third kappa shape index (κ3) is 3.11. The van der Waals surface area contributed by atoms with Gasteiger partial charge < -0.3 is 15.5 Å². The summed E-state index contributed by atoms with van der Waals surface area (Å²) in [7, 11) is 0. The summed E-state index contributed by atoms with van der Waals surface area (Å²) in [6.07, 6.45) is -0.0103. The second kappa shape index (κ2) is 5.53. The van der Waals surface area contributed by atoms with E-state index in [2.05, 4.69) is 5.32 Å². The minimum atomic E-state index is -1.08. The highest BCUT2D eigenvalue weighted by Crippen LogP contribution is 2.24. The summed E-state index contributed by atoms with van der Waals surface area (Å²) >= 11 is 1.15. The monoisotopic (exact) mass is 277 g/mol. The standard InChI is InChI=1S/C13H11NO4S/c15-10-4-2-1-3-8(10)7-11(16)14-12-9(13(17)18)5-6-19-12/h1-6,15H,7H2,(H,14,16)(H,17,18). The molecule has 0 fully saturated rings. The van der Waals surface area contributed by atoms with Gasteiger partial charge in [-0.05, 0) is 17.5 Å². The summed E-state index contributed by atoms with van der Waals surface area (Å²) in [5.74, 6) is -1.41. The van der Waals surface area contributed by atoms with Gasteiger partial charge in [0.2, 0.25) is 5.91 Å². The highest BCUT2D eigenvalue weighted by Gasteiger charge is 2.14. The Morgan fingerprint density at radius 1 is 1.21 bits per heavy atom. The maximum Gasteiger partial charge on any atom is 0.338 e. The van der Waals surface area contributed by atoms with E-state index in [1.54, 1.807) is 23.6 Å². The molecule has 0 spiro atoms. The van der Waals surface area contributed by atoms with Crippen LogP contribution in [0.4, 0.5) is 5.00 Å². The van der Waals surface area contributed by atoms with Crippen molar-refractivity contribution in [2.75, 3.05) is 5.32 Å². The molecule has 1 aromatic heterocycles. The van der Waals surface area contributed by atoms with E-state index in [0.29, 0.717) is 10.6 Å². The fourth-order valence-electron chi connectivity index (χ4n) is 1.58. The van der Waals surface area contributed by atoms with Gasteiger partial charge in [-0.1, -0.05) is 18.2 Å². The normalized spacial score (nSPS) is 10.1. The lowest BCUT2D eigenvalue weighted by Gasteiger charge is -2.05. The second-order valence-electron chi connectivity index (χ2n) is 3.82. The number of carbonyl (C=O) groups excluding carboxylic acids is 1. The van der Waals surface area contributed by atoms with Crippen molar-refractivity contribution >= 4 is 28.2 Å². The van der Waals surface area contributed by atoms with E-state index in [4.69, 9.17) is 5.11 Å². The first-order chi connectivity index (χ1) is 9.08. The first-order valence-electron chi connectivity index (χ1n) is 5.45. The van der Waals surface area contributed by atoms with Crippen LogP contribution >= 0.6 is 11.3 Å². The quantitative estimate of drug-likeness (QED) is 0.800. The van der Waals surface area contributed by atoms with Gasteiger partial charge >= 0.3 is 5.97 Å². The second-order valence-corrected chi connectivity index (χ2v) is 4.74. The van der Waals surface area contributed by atoms with Crippen LogP contribution in [0.1, 0.15) is 15.9 Å². The van der Waals surface area contributed by atoms with E-state index in [9.17, 15) is 14.7 Å². The highest BCUT2D eigenvalue weighted by molar-refractivity contribution is 7.14. The maximum atomic E-state index is 11.8. The summed E-state index contributed by atoms with van der Waals surface area (Å²) in [4.78, 5) is 22.7. The van der Waals surface area contributed by atoms with Gasteiger partial charge in [0.05, 0.1) is 12.0 Å². The van der Waals surface area contributed by atoms with E-state index < -0.39 is 5.97 Å². The van der Waals surface area contributed by atoms with Crippen LogP contribution in [0.2, 0.25) is 0 Å². The molecule has 2 rings (SSSR count). The molecule has 0 bridgehead atoms. The van der Waals surface area contributed by atoms with Crippen LogP contribution in [-0.4, -0.2) is 22.1 Å². The van der Waals surface area contributed by atoms with Crippen LogP contribution in [0.15, 0.2) is 35.7 Å². The van der Waals surface area contributed by atoms with Crippen molar-refractivity contribution in [2.24, 2.45) is 0 Å². The number of carboxylic acid groups (broad SMARTS) is 1. The summed E-state index contributed by atoms with van der Waals surface area (Å²) < 4.78 is 0. The van der Waals surface area contributed by atoms with Gasteiger partial charge in [0.15, 0.2) is 0 Å². The van der Waals surface area contributed by atoms with Gasteiger partial charge in [-0.15, -0.1) is 11.3 Å². The Kier molecular flexibility index (Phi) is 3.82. The van der Waals surface area contributed by atoms with Crippen LogP contribution in [0.3, 0.4) is 0 Å². The Balaban J connectivity index is 2.08. The van der Waals surface area contributed by atoms with Crippen LogP contribution < -0.4 is 5.32 Å². The number of carboxylic acids is 1. The SMILES string of the molecule is O=C(Cc1ccccc1O)Nc1sccc1C(=O)O. The molecule has 3 N–H and O–H groups in total. The van der Waals surface area contributed by atoms with E-state index >= 15 is 0 Å². The molecule has 0 radical (unpaired) electrons. The van der Waals surface area contributed by atoms with E-state index in [-0.39, 0.29) is 23.6 Å². The number of nitrogens with one attached hydrogen (secondary N) is 1. The van der Waals surface area contributed by atoms with Crippen LogP contribution in [-0.2, 0) is 11.2 Å². The molecule has 0 saturated carbocycles. The number of benzene rings is 1. The number of thiophene rings is 1. The number of anilines is 1. The zero-order valence-electron chi connectivity index (χ0n) is 9.79. The van der Waals surface area contributed by atoms with Crippen LogP contribution in [0.25, 0.3) is 0 Å². The number of hydrogen-bond donors (Lipinski definition) is 3. The summed E-state index contributed by atoms with van der Waals surface area (Å²) in [6, 6.07) is 7.95. The smallest absolute Gasteiger partial charge is 0.338 e. The van der Waals surface area contributed by atoms with E-state index in [0.717, 1.165) is 11.3 Å². The Morgan fingerprint density at radius 2 is 1.95 bits per heavy atom. The first-order valence-corrected chi connectivity index (χ1v) is 6.33. The zero-order chi connectivity index (χ0) is 13.8. The average molecular weight is 277 g/mol. The largest absolute Gasteiger partial charge is 0.508 e. The molecule has 19 heavy (non-hydrogen) atoms. The third-order valence-corrected chi connectivity index (χ3v) is 3.32. The lowest BCUT2D eigenvalue weighted by Crippen LogP contribution is -2.15. The minimum absolute atomic E-state index is 0.0103. The van der Waals surface area contributed by atoms with E-state index in [1.165, 1.54) is 12.1 Å². The lowest BCUT2D eigenvalue weighted by atomic mass is 10.1. The van der Waals surface area contributed by atoms with Gasteiger partial charge in [-0.2, -0.15) is 0 Å². The fourth-order valence-corrected chi connectivity index (χ4v) is 2.37. The Morgan fingerprint density at radius 3 is 2.63 bits per heavy atom.